The van der Waals surface area contributed by atoms with E-state index in [1.165, 1.54) is 18.6 Å². The summed E-state index contributed by atoms with van der Waals surface area (Å²) in [6.45, 7) is 1.97. The molecule has 2 fully saturated rings. The molecule has 2 aliphatic rings. The third-order valence-electron chi connectivity index (χ3n) is 3.86. The van der Waals surface area contributed by atoms with Gasteiger partial charge in [0.2, 0.25) is 5.91 Å². The van der Waals surface area contributed by atoms with Gasteiger partial charge in [0.25, 0.3) is 5.91 Å². The Bertz CT molecular complexity index is 567. The zero-order valence-corrected chi connectivity index (χ0v) is 12.4. The van der Waals surface area contributed by atoms with Gasteiger partial charge < -0.3 is 19.3 Å². The highest BCUT2D eigenvalue weighted by molar-refractivity contribution is 5.92. The SMILES string of the molecule is CN1CC2(COCC1=O)CN(C(=O)c1cnccn1)CCO2. The predicted octanol–water partition coefficient (Wildman–Crippen LogP) is -0.824. The molecule has 8 nitrogen and oxygen atoms in total. The van der Waals surface area contributed by atoms with Gasteiger partial charge in [-0.25, -0.2) is 4.98 Å². The number of amides is 2. The molecule has 2 saturated heterocycles. The van der Waals surface area contributed by atoms with E-state index in [1.807, 2.05) is 0 Å². The van der Waals surface area contributed by atoms with E-state index in [-0.39, 0.29) is 25.0 Å². The van der Waals surface area contributed by atoms with E-state index in [2.05, 4.69) is 9.97 Å². The number of likely N-dealkylation sites (N-methyl/N-ethyl adjacent to an activating group) is 1. The maximum absolute atomic E-state index is 12.5. The molecular formula is C14H18N4O4. The predicted molar refractivity (Wildman–Crippen MR) is 75.1 cm³/mol. The highest BCUT2D eigenvalue weighted by atomic mass is 16.5. The van der Waals surface area contributed by atoms with E-state index in [0.717, 1.165) is 0 Å². The van der Waals surface area contributed by atoms with Crippen LogP contribution in [-0.4, -0.2) is 83.7 Å². The van der Waals surface area contributed by atoms with Gasteiger partial charge in [-0.1, -0.05) is 0 Å². The van der Waals surface area contributed by atoms with Crippen LogP contribution in [0.25, 0.3) is 0 Å². The van der Waals surface area contributed by atoms with Crippen LogP contribution in [0.3, 0.4) is 0 Å². The third-order valence-corrected chi connectivity index (χ3v) is 3.86. The Balaban J connectivity index is 1.76. The molecule has 1 unspecified atom stereocenters. The molecule has 0 N–H and O–H groups in total. The zero-order chi connectivity index (χ0) is 15.6. The molecule has 118 valence electrons. The Morgan fingerprint density at radius 1 is 1.36 bits per heavy atom. The van der Waals surface area contributed by atoms with Crippen molar-refractivity contribution in [1.29, 1.82) is 0 Å². The van der Waals surface area contributed by atoms with Gasteiger partial charge in [0.1, 0.15) is 17.9 Å². The van der Waals surface area contributed by atoms with Gasteiger partial charge in [-0.3, -0.25) is 14.6 Å². The van der Waals surface area contributed by atoms with Crippen molar-refractivity contribution in [2.45, 2.75) is 5.60 Å². The molecule has 0 aromatic carbocycles. The zero-order valence-electron chi connectivity index (χ0n) is 12.4. The van der Waals surface area contributed by atoms with Gasteiger partial charge in [0.05, 0.1) is 32.5 Å². The Morgan fingerprint density at radius 3 is 3.00 bits per heavy atom. The fourth-order valence-electron chi connectivity index (χ4n) is 2.77. The van der Waals surface area contributed by atoms with Crippen molar-refractivity contribution >= 4 is 11.8 Å². The van der Waals surface area contributed by atoms with E-state index >= 15 is 0 Å². The fraction of sp³-hybridized carbons (Fsp3) is 0.571. The summed E-state index contributed by atoms with van der Waals surface area (Å²) >= 11 is 0. The molecule has 3 heterocycles. The van der Waals surface area contributed by atoms with Crippen LogP contribution in [0.1, 0.15) is 10.5 Å². The Labute approximate surface area is 128 Å². The average Bonchev–Trinajstić information content (AvgIpc) is 2.67. The van der Waals surface area contributed by atoms with E-state index in [1.54, 1.807) is 16.8 Å². The minimum atomic E-state index is -0.684. The maximum Gasteiger partial charge on any atom is 0.274 e. The second-order valence-electron chi connectivity index (χ2n) is 5.59. The first-order chi connectivity index (χ1) is 10.6. The molecule has 0 aliphatic carbocycles. The number of hydrogen-bond acceptors (Lipinski definition) is 6. The Morgan fingerprint density at radius 2 is 2.23 bits per heavy atom. The van der Waals surface area contributed by atoms with Crippen LogP contribution >= 0.6 is 0 Å². The van der Waals surface area contributed by atoms with E-state index < -0.39 is 5.60 Å². The first-order valence-electron chi connectivity index (χ1n) is 7.11. The number of ether oxygens (including phenoxy) is 2. The van der Waals surface area contributed by atoms with Crippen LogP contribution in [0.5, 0.6) is 0 Å². The summed E-state index contributed by atoms with van der Waals surface area (Å²) in [5.74, 6) is -0.271. The Kier molecular flexibility index (Phi) is 4.04. The topological polar surface area (TPSA) is 84.9 Å². The molecule has 22 heavy (non-hydrogen) atoms. The molecule has 3 rings (SSSR count). The molecular weight excluding hydrogens is 288 g/mol. The second kappa shape index (κ2) is 5.98. The molecule has 0 saturated carbocycles. The van der Waals surface area contributed by atoms with Gasteiger partial charge in [-0.05, 0) is 0 Å². The van der Waals surface area contributed by atoms with Crippen LogP contribution in [0.4, 0.5) is 0 Å². The second-order valence-corrected chi connectivity index (χ2v) is 5.59. The molecule has 1 atom stereocenters. The minimum Gasteiger partial charge on any atom is -0.368 e. The summed E-state index contributed by atoms with van der Waals surface area (Å²) in [6.07, 6.45) is 4.46. The summed E-state index contributed by atoms with van der Waals surface area (Å²) in [5, 5.41) is 0. The highest BCUT2D eigenvalue weighted by Gasteiger charge is 2.42. The standard InChI is InChI=1S/C14H18N4O4/c1-17-8-14(10-21-7-12(17)19)9-18(4-5-22-14)13(20)11-6-15-2-3-16-11/h2-3,6H,4-5,7-10H2,1H3. The van der Waals surface area contributed by atoms with Crippen molar-refractivity contribution in [1.82, 2.24) is 19.8 Å². The monoisotopic (exact) mass is 306 g/mol. The van der Waals surface area contributed by atoms with Crippen LogP contribution in [0, 0.1) is 0 Å². The van der Waals surface area contributed by atoms with Crippen LogP contribution < -0.4 is 0 Å². The van der Waals surface area contributed by atoms with Crippen LogP contribution in [-0.2, 0) is 14.3 Å². The summed E-state index contributed by atoms with van der Waals surface area (Å²) in [4.78, 5) is 35.5. The van der Waals surface area contributed by atoms with Crippen molar-refractivity contribution in [3.63, 3.8) is 0 Å². The Hall–Kier alpha value is -2.06. The van der Waals surface area contributed by atoms with Gasteiger partial charge in [0.15, 0.2) is 0 Å². The number of aromatic nitrogens is 2. The van der Waals surface area contributed by atoms with Gasteiger partial charge >= 0.3 is 0 Å². The van der Waals surface area contributed by atoms with Gasteiger partial charge in [-0.15, -0.1) is 0 Å². The van der Waals surface area contributed by atoms with Gasteiger partial charge in [-0.2, -0.15) is 0 Å². The largest absolute Gasteiger partial charge is 0.368 e. The van der Waals surface area contributed by atoms with Crippen LogP contribution in [0.15, 0.2) is 18.6 Å². The first kappa shape index (κ1) is 14.9. The summed E-state index contributed by atoms with van der Waals surface area (Å²) in [6, 6.07) is 0. The lowest BCUT2D eigenvalue weighted by atomic mass is 10.0. The number of morpholine rings is 1. The number of rotatable bonds is 1. The lowest BCUT2D eigenvalue weighted by molar-refractivity contribution is -0.135. The lowest BCUT2D eigenvalue weighted by Gasteiger charge is -2.42. The lowest BCUT2D eigenvalue weighted by Crippen LogP contribution is -2.59. The normalized spacial score (nSPS) is 26.1. The maximum atomic E-state index is 12.5. The number of carbonyl (C=O) groups excluding carboxylic acids is 2. The number of hydrogen-bond donors (Lipinski definition) is 0. The molecule has 2 amide bonds. The summed E-state index contributed by atoms with van der Waals surface area (Å²) in [5.41, 5.74) is -0.379. The molecule has 8 heteroatoms. The molecule has 1 aromatic rings. The fourth-order valence-corrected chi connectivity index (χ4v) is 2.77. The highest BCUT2D eigenvalue weighted by Crippen LogP contribution is 2.23. The van der Waals surface area contributed by atoms with Crippen molar-refractivity contribution in [2.75, 3.05) is 46.5 Å². The molecule has 0 radical (unpaired) electrons. The molecule has 2 aliphatic heterocycles. The first-order valence-corrected chi connectivity index (χ1v) is 7.11. The van der Waals surface area contributed by atoms with Crippen LogP contribution in [0.2, 0.25) is 0 Å². The smallest absolute Gasteiger partial charge is 0.274 e. The third kappa shape index (κ3) is 2.93. The van der Waals surface area contributed by atoms with Crippen molar-refractivity contribution < 1.29 is 19.1 Å². The number of nitrogens with zero attached hydrogens (tertiary/aromatic N) is 4. The number of carbonyl (C=O) groups is 2. The summed E-state index contributed by atoms with van der Waals surface area (Å²) < 4.78 is 11.3. The van der Waals surface area contributed by atoms with Gasteiger partial charge in [0, 0.05) is 26.0 Å². The summed E-state index contributed by atoms with van der Waals surface area (Å²) in [7, 11) is 1.71. The van der Waals surface area contributed by atoms with Crippen molar-refractivity contribution in [2.24, 2.45) is 0 Å². The minimum absolute atomic E-state index is 0.0414. The molecule has 1 aromatic heterocycles. The van der Waals surface area contributed by atoms with Crippen molar-refractivity contribution in [3.05, 3.63) is 24.3 Å². The quantitative estimate of drug-likeness (QED) is 0.674. The molecule has 0 bridgehead atoms. The van der Waals surface area contributed by atoms with E-state index in [4.69, 9.17) is 9.47 Å². The van der Waals surface area contributed by atoms with E-state index in [9.17, 15) is 9.59 Å². The average molecular weight is 306 g/mol. The van der Waals surface area contributed by atoms with Crippen molar-refractivity contribution in [3.8, 4) is 0 Å². The molecule has 1 spiro atoms. The van der Waals surface area contributed by atoms with E-state index in [0.29, 0.717) is 31.9 Å².